The van der Waals surface area contributed by atoms with Crippen molar-refractivity contribution in [3.05, 3.63) is 64.7 Å². The second-order valence-corrected chi connectivity index (χ2v) is 8.41. The van der Waals surface area contributed by atoms with Gasteiger partial charge in [-0.2, -0.15) is 0 Å². The minimum Gasteiger partial charge on any atom is -0.341 e. The fourth-order valence-corrected chi connectivity index (χ4v) is 4.32. The molecule has 1 aliphatic rings. The highest BCUT2D eigenvalue weighted by Gasteiger charge is 2.29. The van der Waals surface area contributed by atoms with E-state index >= 15 is 0 Å². The Hall–Kier alpha value is -2.67. The molecule has 0 atom stereocenters. The monoisotopic (exact) mass is 385 g/mol. The lowest BCUT2D eigenvalue weighted by atomic mass is 10.1. The fourth-order valence-electron chi connectivity index (χ4n) is 3.07. The molecular weight excluding hydrogens is 362 g/mol. The maximum Gasteiger partial charge on any atom is 0.263 e. The molecular formula is C20H23N3O3S. The van der Waals surface area contributed by atoms with Gasteiger partial charge in [0.15, 0.2) is 0 Å². The molecule has 1 N–H and O–H groups in total. The van der Waals surface area contributed by atoms with Crippen molar-refractivity contribution in [2.45, 2.75) is 31.7 Å². The molecule has 0 aliphatic carbocycles. The Morgan fingerprint density at radius 3 is 2.63 bits per heavy atom. The largest absolute Gasteiger partial charge is 0.341 e. The van der Waals surface area contributed by atoms with Crippen LogP contribution in [0.4, 0.5) is 0 Å². The van der Waals surface area contributed by atoms with Crippen LogP contribution >= 0.6 is 0 Å². The van der Waals surface area contributed by atoms with Crippen molar-refractivity contribution in [2.24, 2.45) is 4.99 Å². The van der Waals surface area contributed by atoms with Crippen LogP contribution in [0.5, 0.6) is 0 Å². The van der Waals surface area contributed by atoms with Crippen LogP contribution in [-0.4, -0.2) is 38.7 Å². The van der Waals surface area contributed by atoms with E-state index in [2.05, 4.69) is 15.8 Å². The summed E-state index contributed by atoms with van der Waals surface area (Å²) in [5.41, 5.74) is 4.01. The second-order valence-electron chi connectivity index (χ2n) is 6.76. The Morgan fingerprint density at radius 2 is 1.89 bits per heavy atom. The number of rotatable bonds is 5. The van der Waals surface area contributed by atoms with Gasteiger partial charge in [0, 0.05) is 25.6 Å². The van der Waals surface area contributed by atoms with Gasteiger partial charge in [0.1, 0.15) is 5.84 Å². The lowest BCUT2D eigenvalue weighted by Crippen LogP contribution is -2.27. The van der Waals surface area contributed by atoms with E-state index in [1.807, 2.05) is 26.0 Å². The average molecular weight is 385 g/mol. The van der Waals surface area contributed by atoms with E-state index in [0.29, 0.717) is 17.9 Å². The molecule has 0 spiro atoms. The van der Waals surface area contributed by atoms with E-state index in [1.165, 1.54) is 5.56 Å². The summed E-state index contributed by atoms with van der Waals surface area (Å²) in [7, 11) is -1.78. The molecule has 1 aliphatic heterocycles. The third-order valence-corrected chi connectivity index (χ3v) is 5.99. The van der Waals surface area contributed by atoms with Crippen LogP contribution in [0.25, 0.3) is 0 Å². The number of hydrogen-bond donors (Lipinski definition) is 1. The quantitative estimate of drug-likeness (QED) is 0.858. The topological polar surface area (TPSA) is 78.8 Å². The minimum absolute atomic E-state index is 0.0338. The first-order valence-electron chi connectivity index (χ1n) is 8.75. The Balaban J connectivity index is 1.62. The molecule has 0 saturated heterocycles. The highest BCUT2D eigenvalue weighted by molar-refractivity contribution is 7.90. The Morgan fingerprint density at radius 1 is 1.15 bits per heavy atom. The van der Waals surface area contributed by atoms with Crippen molar-refractivity contribution in [1.29, 1.82) is 0 Å². The third-order valence-electron chi connectivity index (χ3n) is 4.59. The molecule has 2 aromatic carbocycles. The van der Waals surface area contributed by atoms with Gasteiger partial charge in [-0.15, -0.1) is 0 Å². The van der Waals surface area contributed by atoms with E-state index in [0.717, 1.165) is 11.1 Å². The molecule has 0 radical (unpaired) electrons. The van der Waals surface area contributed by atoms with Crippen LogP contribution in [0, 0.1) is 13.8 Å². The molecule has 2 aromatic rings. The standard InChI is InChI=1S/C20H23N3O3S/c1-14-8-9-16(15(2)12-14)13-23(3)19(24)10-11-21-20-17-6-4-5-7-18(17)27(25,26)22-20/h4-9,12H,10-11,13H2,1-3H3,(H,21,22). The molecule has 3 rings (SSSR count). The molecule has 0 bridgehead atoms. The number of aliphatic imine (C=N–C) groups is 1. The molecule has 142 valence electrons. The molecule has 0 aromatic heterocycles. The smallest absolute Gasteiger partial charge is 0.263 e. The number of sulfonamides is 1. The summed E-state index contributed by atoms with van der Waals surface area (Å²) in [6, 6.07) is 12.9. The van der Waals surface area contributed by atoms with E-state index in [9.17, 15) is 13.2 Å². The lowest BCUT2D eigenvalue weighted by molar-refractivity contribution is -0.130. The van der Waals surface area contributed by atoms with Crippen molar-refractivity contribution >= 4 is 21.8 Å². The first-order valence-corrected chi connectivity index (χ1v) is 10.2. The van der Waals surface area contributed by atoms with Gasteiger partial charge in [0.05, 0.1) is 11.4 Å². The molecule has 7 heteroatoms. The van der Waals surface area contributed by atoms with Gasteiger partial charge < -0.3 is 4.90 Å². The lowest BCUT2D eigenvalue weighted by Gasteiger charge is -2.18. The number of benzene rings is 2. The number of fused-ring (bicyclic) bond motifs is 1. The number of amides is 1. The van der Waals surface area contributed by atoms with Gasteiger partial charge in [0.25, 0.3) is 10.0 Å². The van der Waals surface area contributed by atoms with Gasteiger partial charge in [0.2, 0.25) is 5.91 Å². The maximum atomic E-state index is 12.4. The first kappa shape index (κ1) is 19.1. The number of nitrogens with zero attached hydrogens (tertiary/aromatic N) is 2. The summed E-state index contributed by atoms with van der Waals surface area (Å²) in [4.78, 5) is 18.6. The van der Waals surface area contributed by atoms with Crippen molar-refractivity contribution in [3.8, 4) is 0 Å². The molecule has 1 amide bonds. The van der Waals surface area contributed by atoms with Gasteiger partial charge in [-0.1, -0.05) is 35.9 Å². The van der Waals surface area contributed by atoms with Crippen LogP contribution in [0.2, 0.25) is 0 Å². The summed E-state index contributed by atoms with van der Waals surface area (Å²) in [5, 5.41) is 0. The number of amidine groups is 1. The number of carbonyl (C=O) groups excluding carboxylic acids is 1. The van der Waals surface area contributed by atoms with E-state index in [4.69, 9.17) is 0 Å². The summed E-state index contributed by atoms with van der Waals surface area (Å²) in [6.07, 6.45) is 0.217. The molecule has 0 fully saturated rings. The minimum atomic E-state index is -3.55. The Kier molecular flexibility index (Phi) is 5.32. The van der Waals surface area contributed by atoms with Crippen molar-refractivity contribution < 1.29 is 13.2 Å². The summed E-state index contributed by atoms with van der Waals surface area (Å²) in [6.45, 7) is 4.84. The van der Waals surface area contributed by atoms with E-state index in [-0.39, 0.29) is 23.8 Å². The van der Waals surface area contributed by atoms with Gasteiger partial charge >= 0.3 is 0 Å². The fraction of sp³-hybridized carbons (Fsp3) is 0.300. The number of nitrogens with one attached hydrogen (secondary N) is 1. The summed E-state index contributed by atoms with van der Waals surface area (Å²) < 4.78 is 26.6. The number of carbonyl (C=O) groups is 1. The predicted molar refractivity (Wildman–Crippen MR) is 105 cm³/mol. The number of hydrogen-bond acceptors (Lipinski definition) is 4. The number of aryl methyl sites for hydroxylation is 2. The third kappa shape index (κ3) is 4.19. The molecule has 27 heavy (non-hydrogen) atoms. The Bertz CT molecular complexity index is 1010. The van der Waals surface area contributed by atoms with E-state index in [1.54, 1.807) is 36.2 Å². The van der Waals surface area contributed by atoms with Gasteiger partial charge in [-0.05, 0) is 37.1 Å². The van der Waals surface area contributed by atoms with E-state index < -0.39 is 10.0 Å². The van der Waals surface area contributed by atoms with Crippen LogP contribution in [0.3, 0.4) is 0 Å². The van der Waals surface area contributed by atoms with Crippen molar-refractivity contribution in [3.63, 3.8) is 0 Å². The zero-order valence-corrected chi connectivity index (χ0v) is 16.5. The van der Waals surface area contributed by atoms with Gasteiger partial charge in [-0.3, -0.25) is 14.5 Å². The second kappa shape index (κ2) is 7.52. The highest BCUT2D eigenvalue weighted by Crippen LogP contribution is 2.22. The zero-order valence-electron chi connectivity index (χ0n) is 15.7. The first-order chi connectivity index (χ1) is 12.8. The van der Waals surface area contributed by atoms with Crippen LogP contribution in [-0.2, 0) is 21.4 Å². The summed E-state index contributed by atoms with van der Waals surface area (Å²) >= 11 is 0. The molecule has 6 nitrogen and oxygen atoms in total. The van der Waals surface area contributed by atoms with Crippen LogP contribution in [0.1, 0.15) is 28.7 Å². The SMILES string of the molecule is Cc1ccc(CN(C)C(=O)CCN=C2NS(=O)(=O)c3ccccc32)c(C)c1. The molecule has 0 unspecified atom stereocenters. The average Bonchev–Trinajstić information content (AvgIpc) is 2.88. The van der Waals surface area contributed by atoms with Crippen molar-refractivity contribution in [2.75, 3.05) is 13.6 Å². The highest BCUT2D eigenvalue weighted by atomic mass is 32.2. The Labute approximate surface area is 160 Å². The summed E-state index contributed by atoms with van der Waals surface area (Å²) in [5.74, 6) is 0.267. The zero-order chi connectivity index (χ0) is 19.6. The molecule has 0 saturated carbocycles. The van der Waals surface area contributed by atoms with Gasteiger partial charge in [-0.25, -0.2) is 8.42 Å². The normalized spacial score (nSPS) is 16.0. The molecule has 1 heterocycles. The van der Waals surface area contributed by atoms with Crippen molar-refractivity contribution in [1.82, 2.24) is 9.62 Å². The predicted octanol–water partition coefficient (Wildman–Crippen LogP) is 2.39. The maximum absolute atomic E-state index is 12.4. The van der Waals surface area contributed by atoms with Crippen LogP contribution < -0.4 is 4.72 Å². The van der Waals surface area contributed by atoms with Crippen LogP contribution in [0.15, 0.2) is 52.4 Å².